The molecule has 1 saturated heterocycles. The molecule has 0 aliphatic carbocycles. The van der Waals surface area contributed by atoms with Crippen molar-refractivity contribution in [3.8, 4) is 0 Å². The van der Waals surface area contributed by atoms with E-state index in [1.54, 1.807) is 0 Å². The lowest BCUT2D eigenvalue weighted by atomic mass is 9.98. The van der Waals surface area contributed by atoms with Crippen LogP contribution >= 0.6 is 0 Å². The standard InChI is InChI=1S/C8H14N2O4/c1-10(4-6(11)12)7(13)8(9)2-3-14-5-8/h2-5,9H2,1H3,(H,11,12). The number of amides is 1. The summed E-state index contributed by atoms with van der Waals surface area (Å²) in [5.41, 5.74) is 4.73. The van der Waals surface area contributed by atoms with E-state index in [1.165, 1.54) is 7.05 Å². The van der Waals surface area contributed by atoms with Crippen LogP contribution in [-0.2, 0) is 14.3 Å². The van der Waals surface area contributed by atoms with E-state index in [2.05, 4.69) is 0 Å². The summed E-state index contributed by atoms with van der Waals surface area (Å²) >= 11 is 0. The monoisotopic (exact) mass is 202 g/mol. The van der Waals surface area contributed by atoms with Crippen LogP contribution in [0.3, 0.4) is 0 Å². The number of carboxylic acid groups (broad SMARTS) is 1. The highest BCUT2D eigenvalue weighted by molar-refractivity contribution is 5.88. The first-order chi connectivity index (χ1) is 6.46. The maximum atomic E-state index is 11.7. The van der Waals surface area contributed by atoms with Crippen LogP contribution in [-0.4, -0.2) is 54.2 Å². The molecule has 6 heteroatoms. The zero-order valence-electron chi connectivity index (χ0n) is 8.02. The number of aliphatic carboxylic acids is 1. The third-order valence-corrected chi connectivity index (χ3v) is 2.20. The van der Waals surface area contributed by atoms with Crippen molar-refractivity contribution in [1.29, 1.82) is 0 Å². The Kier molecular flexibility index (Phi) is 3.07. The first-order valence-corrected chi connectivity index (χ1v) is 4.30. The summed E-state index contributed by atoms with van der Waals surface area (Å²) in [7, 11) is 1.42. The summed E-state index contributed by atoms with van der Waals surface area (Å²) in [6.45, 7) is 0.275. The first-order valence-electron chi connectivity index (χ1n) is 4.30. The van der Waals surface area contributed by atoms with Crippen molar-refractivity contribution in [2.45, 2.75) is 12.0 Å². The van der Waals surface area contributed by atoms with Crippen molar-refractivity contribution in [3.05, 3.63) is 0 Å². The Bertz CT molecular complexity index is 248. The number of hydrogen-bond donors (Lipinski definition) is 2. The van der Waals surface area contributed by atoms with E-state index in [4.69, 9.17) is 15.6 Å². The van der Waals surface area contributed by atoms with Crippen LogP contribution in [0.4, 0.5) is 0 Å². The number of carboxylic acids is 1. The topological polar surface area (TPSA) is 92.9 Å². The van der Waals surface area contributed by atoms with Crippen LogP contribution in [0.5, 0.6) is 0 Å². The Labute approximate surface area is 81.6 Å². The number of rotatable bonds is 3. The van der Waals surface area contributed by atoms with Gasteiger partial charge in [-0.15, -0.1) is 0 Å². The smallest absolute Gasteiger partial charge is 0.323 e. The second-order valence-electron chi connectivity index (χ2n) is 3.51. The highest BCUT2D eigenvalue weighted by atomic mass is 16.5. The van der Waals surface area contributed by atoms with Crippen LogP contribution in [0.15, 0.2) is 0 Å². The molecule has 0 spiro atoms. The summed E-state index contributed by atoms with van der Waals surface area (Å²) in [6, 6.07) is 0. The number of ether oxygens (including phenoxy) is 1. The Morgan fingerprint density at radius 3 is 2.71 bits per heavy atom. The number of carbonyl (C=O) groups is 2. The Balaban J connectivity index is 2.59. The number of hydrogen-bond acceptors (Lipinski definition) is 4. The summed E-state index contributed by atoms with van der Waals surface area (Å²) in [6.07, 6.45) is 0.440. The maximum absolute atomic E-state index is 11.7. The lowest BCUT2D eigenvalue weighted by Gasteiger charge is -2.26. The third kappa shape index (κ3) is 2.21. The van der Waals surface area contributed by atoms with Crippen LogP contribution in [0.25, 0.3) is 0 Å². The molecule has 0 radical (unpaired) electrons. The second-order valence-corrected chi connectivity index (χ2v) is 3.51. The molecule has 6 nitrogen and oxygen atoms in total. The SMILES string of the molecule is CN(CC(=O)O)C(=O)C1(N)CCOC1. The van der Waals surface area contributed by atoms with Crippen molar-refractivity contribution >= 4 is 11.9 Å². The minimum atomic E-state index is -1.05. The second kappa shape index (κ2) is 3.93. The lowest BCUT2D eigenvalue weighted by Crippen LogP contribution is -2.55. The molecule has 3 N–H and O–H groups in total. The van der Waals surface area contributed by atoms with Crippen LogP contribution in [0.2, 0.25) is 0 Å². The zero-order chi connectivity index (χ0) is 10.8. The van der Waals surface area contributed by atoms with Gasteiger partial charge in [0.1, 0.15) is 12.1 Å². The number of carbonyl (C=O) groups excluding carboxylic acids is 1. The van der Waals surface area contributed by atoms with E-state index in [-0.39, 0.29) is 19.1 Å². The minimum absolute atomic E-state index is 0.162. The minimum Gasteiger partial charge on any atom is -0.480 e. The average molecular weight is 202 g/mol. The molecular weight excluding hydrogens is 188 g/mol. The van der Waals surface area contributed by atoms with Gasteiger partial charge in [0.25, 0.3) is 0 Å². The molecule has 1 atom stereocenters. The highest BCUT2D eigenvalue weighted by Gasteiger charge is 2.40. The van der Waals surface area contributed by atoms with Gasteiger partial charge in [-0.05, 0) is 6.42 Å². The third-order valence-electron chi connectivity index (χ3n) is 2.20. The van der Waals surface area contributed by atoms with E-state index in [0.29, 0.717) is 13.0 Å². The van der Waals surface area contributed by atoms with Gasteiger partial charge in [-0.25, -0.2) is 0 Å². The predicted octanol–water partition coefficient (Wildman–Crippen LogP) is -1.35. The fourth-order valence-corrected chi connectivity index (χ4v) is 1.40. The summed E-state index contributed by atoms with van der Waals surface area (Å²) in [5.74, 6) is -1.43. The van der Waals surface area contributed by atoms with E-state index in [1.807, 2.05) is 0 Å². The predicted molar refractivity (Wildman–Crippen MR) is 47.6 cm³/mol. The summed E-state index contributed by atoms with van der Waals surface area (Å²) < 4.78 is 5.02. The van der Waals surface area contributed by atoms with Crippen LogP contribution in [0.1, 0.15) is 6.42 Å². The van der Waals surface area contributed by atoms with Crippen molar-refractivity contribution in [1.82, 2.24) is 4.90 Å². The van der Waals surface area contributed by atoms with Gasteiger partial charge in [0.05, 0.1) is 6.61 Å². The molecule has 1 heterocycles. The molecule has 0 aromatic carbocycles. The van der Waals surface area contributed by atoms with Gasteiger partial charge in [-0.2, -0.15) is 0 Å². The molecule has 0 aromatic heterocycles. The molecule has 80 valence electrons. The summed E-state index contributed by atoms with van der Waals surface area (Å²) in [5, 5.41) is 8.49. The molecule has 1 rings (SSSR count). The number of likely N-dealkylation sites (N-methyl/N-ethyl adjacent to an activating group) is 1. The highest BCUT2D eigenvalue weighted by Crippen LogP contribution is 2.17. The molecule has 0 bridgehead atoms. The van der Waals surface area contributed by atoms with Crippen molar-refractivity contribution in [2.75, 3.05) is 26.8 Å². The molecule has 1 aliphatic rings. The van der Waals surface area contributed by atoms with Gasteiger partial charge in [-0.1, -0.05) is 0 Å². The van der Waals surface area contributed by atoms with E-state index >= 15 is 0 Å². The molecule has 1 fully saturated rings. The normalized spacial score (nSPS) is 26.1. The van der Waals surface area contributed by atoms with Crippen molar-refractivity contribution in [3.63, 3.8) is 0 Å². The van der Waals surface area contributed by atoms with Crippen LogP contribution < -0.4 is 5.73 Å². The Morgan fingerprint density at radius 1 is 1.64 bits per heavy atom. The van der Waals surface area contributed by atoms with Gasteiger partial charge in [-0.3, -0.25) is 9.59 Å². The summed E-state index contributed by atoms with van der Waals surface area (Å²) in [4.78, 5) is 23.1. The fourth-order valence-electron chi connectivity index (χ4n) is 1.40. The van der Waals surface area contributed by atoms with Crippen molar-refractivity contribution in [2.24, 2.45) is 5.73 Å². The zero-order valence-corrected chi connectivity index (χ0v) is 8.02. The van der Waals surface area contributed by atoms with Crippen LogP contribution in [0, 0.1) is 0 Å². The van der Waals surface area contributed by atoms with Gasteiger partial charge in [0, 0.05) is 13.7 Å². The maximum Gasteiger partial charge on any atom is 0.323 e. The molecule has 14 heavy (non-hydrogen) atoms. The molecule has 1 unspecified atom stereocenters. The molecule has 0 aromatic rings. The van der Waals surface area contributed by atoms with Gasteiger partial charge in [0.2, 0.25) is 5.91 Å². The number of nitrogens with two attached hydrogens (primary N) is 1. The first kappa shape index (κ1) is 10.9. The molecule has 1 amide bonds. The largest absolute Gasteiger partial charge is 0.480 e. The molecule has 1 aliphatic heterocycles. The molecular formula is C8H14N2O4. The van der Waals surface area contributed by atoms with Crippen molar-refractivity contribution < 1.29 is 19.4 Å². The quantitative estimate of drug-likeness (QED) is 0.590. The van der Waals surface area contributed by atoms with E-state index in [9.17, 15) is 9.59 Å². The molecule has 0 saturated carbocycles. The lowest BCUT2D eigenvalue weighted by molar-refractivity contribution is -0.145. The Morgan fingerprint density at radius 2 is 2.29 bits per heavy atom. The average Bonchev–Trinajstić information content (AvgIpc) is 2.51. The van der Waals surface area contributed by atoms with E-state index in [0.717, 1.165) is 4.90 Å². The van der Waals surface area contributed by atoms with Gasteiger partial charge >= 0.3 is 5.97 Å². The van der Waals surface area contributed by atoms with E-state index < -0.39 is 11.5 Å². The number of nitrogens with zero attached hydrogens (tertiary/aromatic N) is 1. The Hall–Kier alpha value is -1.14. The van der Waals surface area contributed by atoms with Gasteiger partial charge < -0.3 is 20.5 Å². The van der Waals surface area contributed by atoms with Gasteiger partial charge in [0.15, 0.2) is 0 Å². The fraction of sp³-hybridized carbons (Fsp3) is 0.750.